The average Bonchev–Trinajstić information content (AvgIpc) is 3.25. The van der Waals surface area contributed by atoms with E-state index in [2.05, 4.69) is 52.8 Å². The monoisotopic (exact) mass is 428 g/mol. The molecule has 3 rings (SSSR count). The summed E-state index contributed by atoms with van der Waals surface area (Å²) in [4.78, 5) is 7.40. The highest BCUT2D eigenvalue weighted by molar-refractivity contribution is 14.0. The Balaban J connectivity index is 0.00000192. The highest BCUT2D eigenvalue weighted by atomic mass is 127. The maximum atomic E-state index is 4.82. The normalized spacial score (nSPS) is 21.8. The van der Waals surface area contributed by atoms with Crippen molar-refractivity contribution in [3.05, 3.63) is 35.9 Å². The number of benzene rings is 1. The van der Waals surface area contributed by atoms with Crippen LogP contribution in [-0.2, 0) is 6.54 Å². The van der Waals surface area contributed by atoms with Crippen molar-refractivity contribution >= 4 is 29.9 Å². The molecule has 5 heteroatoms. The van der Waals surface area contributed by atoms with Crippen molar-refractivity contribution in [1.29, 1.82) is 0 Å². The van der Waals surface area contributed by atoms with Gasteiger partial charge in [-0.1, -0.05) is 30.3 Å². The Morgan fingerprint density at radius 3 is 2.70 bits per heavy atom. The molecule has 1 saturated heterocycles. The van der Waals surface area contributed by atoms with Crippen LogP contribution in [0, 0.1) is 0 Å². The van der Waals surface area contributed by atoms with Gasteiger partial charge in [-0.15, -0.1) is 24.0 Å². The number of rotatable bonds is 6. The molecule has 2 N–H and O–H groups in total. The van der Waals surface area contributed by atoms with Gasteiger partial charge in [-0.3, -0.25) is 9.89 Å². The molecule has 0 radical (unpaired) electrons. The Labute approximate surface area is 157 Å². The molecule has 0 aromatic heterocycles. The lowest BCUT2D eigenvalue weighted by atomic mass is 10.2. The van der Waals surface area contributed by atoms with Crippen LogP contribution < -0.4 is 10.6 Å². The van der Waals surface area contributed by atoms with E-state index in [-0.39, 0.29) is 24.0 Å². The molecule has 2 fully saturated rings. The van der Waals surface area contributed by atoms with E-state index in [0.29, 0.717) is 12.1 Å². The van der Waals surface area contributed by atoms with Crippen molar-refractivity contribution in [1.82, 2.24) is 15.5 Å². The van der Waals surface area contributed by atoms with Crippen LogP contribution in [0.5, 0.6) is 0 Å². The molecule has 0 spiro atoms. The van der Waals surface area contributed by atoms with E-state index in [1.807, 2.05) is 0 Å². The van der Waals surface area contributed by atoms with Crippen molar-refractivity contribution in [2.24, 2.45) is 4.99 Å². The third-order valence-corrected chi connectivity index (χ3v) is 4.45. The first-order valence-electron chi connectivity index (χ1n) is 8.68. The van der Waals surface area contributed by atoms with Gasteiger partial charge in [0.15, 0.2) is 5.96 Å². The molecule has 0 bridgehead atoms. The third kappa shape index (κ3) is 5.95. The zero-order chi connectivity index (χ0) is 15.2. The molecule has 1 aliphatic heterocycles. The fraction of sp³-hybridized carbons (Fsp3) is 0.611. The van der Waals surface area contributed by atoms with Crippen LogP contribution >= 0.6 is 24.0 Å². The van der Waals surface area contributed by atoms with Gasteiger partial charge >= 0.3 is 0 Å². The van der Waals surface area contributed by atoms with E-state index >= 15 is 0 Å². The third-order valence-electron chi connectivity index (χ3n) is 4.45. The summed E-state index contributed by atoms with van der Waals surface area (Å²) in [5, 5.41) is 6.86. The van der Waals surface area contributed by atoms with Crippen molar-refractivity contribution in [2.75, 3.05) is 19.6 Å². The molecule has 128 valence electrons. The molecular formula is C18H29IN4. The molecule has 1 saturated carbocycles. The number of guanidine groups is 1. The predicted molar refractivity (Wildman–Crippen MR) is 107 cm³/mol. The van der Waals surface area contributed by atoms with E-state index in [9.17, 15) is 0 Å². The van der Waals surface area contributed by atoms with Gasteiger partial charge in [0.1, 0.15) is 0 Å². The maximum Gasteiger partial charge on any atom is 0.191 e. The Hall–Kier alpha value is -0.820. The van der Waals surface area contributed by atoms with Crippen LogP contribution in [0.15, 0.2) is 35.3 Å². The summed E-state index contributed by atoms with van der Waals surface area (Å²) in [6.45, 7) is 6.20. The summed E-state index contributed by atoms with van der Waals surface area (Å²) in [5.74, 6) is 0.997. The number of halogens is 1. The molecule has 1 atom stereocenters. The van der Waals surface area contributed by atoms with Crippen molar-refractivity contribution in [3.8, 4) is 0 Å². The minimum atomic E-state index is 0. The van der Waals surface area contributed by atoms with E-state index < -0.39 is 0 Å². The molecule has 1 aromatic carbocycles. The molecule has 23 heavy (non-hydrogen) atoms. The number of nitrogens with one attached hydrogen (secondary N) is 2. The second-order valence-electron chi connectivity index (χ2n) is 6.39. The second kappa shape index (κ2) is 9.47. The number of hydrogen-bond donors (Lipinski definition) is 2. The molecule has 1 aliphatic carbocycles. The van der Waals surface area contributed by atoms with Gasteiger partial charge in [-0.2, -0.15) is 0 Å². The molecule has 1 aromatic rings. The smallest absolute Gasteiger partial charge is 0.191 e. The van der Waals surface area contributed by atoms with Gasteiger partial charge in [-0.25, -0.2) is 0 Å². The lowest BCUT2D eigenvalue weighted by Crippen LogP contribution is -2.40. The molecule has 2 aliphatic rings. The zero-order valence-corrected chi connectivity index (χ0v) is 16.3. The quantitative estimate of drug-likeness (QED) is 0.416. The fourth-order valence-corrected chi connectivity index (χ4v) is 3.07. The van der Waals surface area contributed by atoms with Gasteiger partial charge in [0.25, 0.3) is 0 Å². The zero-order valence-electron chi connectivity index (χ0n) is 14.0. The lowest BCUT2D eigenvalue weighted by Gasteiger charge is -2.23. The minimum absolute atomic E-state index is 0. The average molecular weight is 428 g/mol. The van der Waals surface area contributed by atoms with Gasteiger partial charge in [0.2, 0.25) is 0 Å². The number of likely N-dealkylation sites (tertiary alicyclic amines) is 1. The molecule has 4 nitrogen and oxygen atoms in total. The first-order valence-corrected chi connectivity index (χ1v) is 8.68. The Morgan fingerprint density at radius 2 is 2.00 bits per heavy atom. The Kier molecular flexibility index (Phi) is 7.62. The fourth-order valence-electron chi connectivity index (χ4n) is 3.07. The topological polar surface area (TPSA) is 39.7 Å². The first-order chi connectivity index (χ1) is 10.8. The van der Waals surface area contributed by atoms with Crippen LogP contribution in [0.4, 0.5) is 0 Å². The molecule has 1 unspecified atom stereocenters. The second-order valence-corrected chi connectivity index (χ2v) is 6.39. The predicted octanol–water partition coefficient (Wildman–Crippen LogP) is 2.99. The minimum Gasteiger partial charge on any atom is -0.357 e. The molecule has 1 heterocycles. The van der Waals surface area contributed by atoms with Gasteiger partial charge < -0.3 is 10.6 Å². The number of nitrogens with zero attached hydrogens (tertiary/aromatic N) is 2. The van der Waals surface area contributed by atoms with E-state index in [1.165, 1.54) is 37.8 Å². The summed E-state index contributed by atoms with van der Waals surface area (Å²) in [6.07, 6.45) is 5.13. The van der Waals surface area contributed by atoms with Crippen LogP contribution in [0.2, 0.25) is 0 Å². The van der Waals surface area contributed by atoms with Gasteiger partial charge in [-0.05, 0) is 44.7 Å². The van der Waals surface area contributed by atoms with Crippen molar-refractivity contribution in [2.45, 2.75) is 51.2 Å². The summed E-state index contributed by atoms with van der Waals surface area (Å²) < 4.78 is 0. The number of aliphatic imine (C=N–C) groups is 1. The summed E-state index contributed by atoms with van der Waals surface area (Å²) in [5.41, 5.74) is 1.40. The maximum absolute atomic E-state index is 4.82. The summed E-state index contributed by atoms with van der Waals surface area (Å²) in [6, 6.07) is 12.0. The van der Waals surface area contributed by atoms with Gasteiger partial charge in [0.05, 0.1) is 6.54 Å². The standard InChI is InChI=1S/C18H28N4.HI/c1-2-19-18(21-16-10-11-16)20-13-17-9-6-12-22(17)14-15-7-4-3-5-8-15;/h3-5,7-8,16-17H,2,6,9-14H2,1H3,(H2,19,20,21);1H. The summed E-state index contributed by atoms with van der Waals surface area (Å²) in [7, 11) is 0. The van der Waals surface area contributed by atoms with E-state index in [0.717, 1.165) is 25.6 Å². The SMILES string of the molecule is CCNC(=NCC1CCCN1Cc1ccccc1)NC1CC1.I. The highest BCUT2D eigenvalue weighted by Crippen LogP contribution is 2.21. The van der Waals surface area contributed by atoms with Crippen LogP contribution in [0.1, 0.15) is 38.2 Å². The van der Waals surface area contributed by atoms with Crippen molar-refractivity contribution < 1.29 is 0 Å². The van der Waals surface area contributed by atoms with Crippen LogP contribution in [0.3, 0.4) is 0 Å². The summed E-state index contributed by atoms with van der Waals surface area (Å²) >= 11 is 0. The van der Waals surface area contributed by atoms with E-state index in [1.54, 1.807) is 0 Å². The van der Waals surface area contributed by atoms with Gasteiger partial charge in [0, 0.05) is 25.2 Å². The number of hydrogen-bond acceptors (Lipinski definition) is 2. The molecular weight excluding hydrogens is 399 g/mol. The Morgan fingerprint density at radius 1 is 1.22 bits per heavy atom. The first kappa shape index (κ1) is 18.5. The van der Waals surface area contributed by atoms with Crippen LogP contribution in [0.25, 0.3) is 0 Å². The Bertz CT molecular complexity index is 487. The lowest BCUT2D eigenvalue weighted by molar-refractivity contribution is 0.250. The van der Waals surface area contributed by atoms with Crippen molar-refractivity contribution in [3.63, 3.8) is 0 Å². The highest BCUT2D eigenvalue weighted by Gasteiger charge is 2.25. The molecule has 0 amide bonds. The largest absolute Gasteiger partial charge is 0.357 e. The van der Waals surface area contributed by atoms with Crippen LogP contribution in [-0.4, -0.2) is 42.6 Å². The van der Waals surface area contributed by atoms with E-state index in [4.69, 9.17) is 4.99 Å².